The molecular weight excluding hydrogens is 822 g/mol. The molecule has 4 rings (SSSR count). The summed E-state index contributed by atoms with van der Waals surface area (Å²) >= 11 is 4.45. The number of nitrogens with one attached hydrogen (secondary N) is 3. The zero-order chi connectivity index (χ0) is 33.2. The summed E-state index contributed by atoms with van der Waals surface area (Å²) < 4.78 is 30.1. The van der Waals surface area contributed by atoms with Crippen LogP contribution in [0.4, 0.5) is 4.79 Å². The summed E-state index contributed by atoms with van der Waals surface area (Å²) in [6.07, 6.45) is 0.405. The molecule has 46 heavy (non-hydrogen) atoms. The van der Waals surface area contributed by atoms with E-state index in [1.165, 1.54) is 7.11 Å². The molecule has 0 saturated heterocycles. The van der Waals surface area contributed by atoms with Crippen molar-refractivity contribution in [2.45, 2.75) is 32.7 Å². The van der Waals surface area contributed by atoms with Gasteiger partial charge in [-0.25, -0.2) is 9.59 Å². The van der Waals surface area contributed by atoms with Crippen molar-refractivity contribution in [2.24, 2.45) is 5.10 Å². The van der Waals surface area contributed by atoms with Gasteiger partial charge in [0.25, 0.3) is 0 Å². The number of allylic oxidation sites excluding steroid dienone is 1. The molecule has 0 radical (unpaired) electrons. The average molecular weight is 856 g/mol. The van der Waals surface area contributed by atoms with Crippen LogP contribution in [0.5, 0.6) is 23.0 Å². The predicted octanol–water partition coefficient (Wildman–Crippen LogP) is 5.00. The standard InChI is InChI=1S/C32H34I2N4O8/c1-5-44-25-14-21(29-28(31(40)43-4)18(2)36-32(41)37-29)8-11-24(25)45-17-27(39)38-35-15-20-12-23(34)30(26(13-20)42-3)46-16-19-6-9-22(33)10-7-19/h6-15,27,29,38-39H,5,16-17H2,1-4H3,(H2,36,37,41)/b35-15-/t27-,29+/m1/s1. The van der Waals surface area contributed by atoms with Gasteiger partial charge in [-0.2, -0.15) is 5.10 Å². The SMILES string of the molecule is CCOc1cc([C@@H]2NC(=O)NC(C)=C2C(=O)OC)ccc1OC[C@@H](O)N/N=C\c1cc(I)c(OCc2ccc(I)cc2)c(OC)c1. The van der Waals surface area contributed by atoms with E-state index in [1.54, 1.807) is 44.5 Å². The summed E-state index contributed by atoms with van der Waals surface area (Å²) in [5.41, 5.74) is 5.68. The molecule has 3 aromatic rings. The topological polar surface area (TPSA) is 149 Å². The summed E-state index contributed by atoms with van der Waals surface area (Å²) in [4.78, 5) is 24.6. The largest absolute Gasteiger partial charge is 0.493 e. The Hall–Kier alpha value is -3.77. The van der Waals surface area contributed by atoms with E-state index in [0.717, 1.165) is 18.3 Å². The van der Waals surface area contributed by atoms with Gasteiger partial charge in [-0.15, -0.1) is 0 Å². The Balaban J connectivity index is 1.38. The fourth-order valence-corrected chi connectivity index (χ4v) is 5.65. The number of amides is 2. The Morgan fingerprint density at radius 2 is 1.80 bits per heavy atom. The van der Waals surface area contributed by atoms with Crippen LogP contribution in [0, 0.1) is 7.14 Å². The molecule has 0 saturated carbocycles. The van der Waals surface area contributed by atoms with E-state index < -0.39 is 24.3 Å². The molecule has 1 aliphatic heterocycles. The lowest BCUT2D eigenvalue weighted by atomic mass is 9.95. The Bertz CT molecular complexity index is 1610. The highest BCUT2D eigenvalue weighted by Gasteiger charge is 2.32. The second-order valence-corrected chi connectivity index (χ2v) is 12.3. The predicted molar refractivity (Wildman–Crippen MR) is 188 cm³/mol. The fourth-order valence-electron chi connectivity index (χ4n) is 4.51. The number of carbonyl (C=O) groups is 2. The zero-order valence-corrected chi connectivity index (χ0v) is 29.9. The number of aliphatic hydroxyl groups is 1. The maximum Gasteiger partial charge on any atom is 0.337 e. The van der Waals surface area contributed by atoms with Crippen molar-refractivity contribution >= 4 is 63.4 Å². The molecular formula is C32H34I2N4O8. The van der Waals surface area contributed by atoms with E-state index in [9.17, 15) is 14.7 Å². The first-order chi connectivity index (χ1) is 22.1. The number of carbonyl (C=O) groups excluding carboxylic acids is 2. The molecule has 14 heteroatoms. The van der Waals surface area contributed by atoms with Crippen LogP contribution in [0.15, 0.2) is 71.0 Å². The highest BCUT2D eigenvalue weighted by Crippen LogP contribution is 2.36. The van der Waals surface area contributed by atoms with Crippen molar-refractivity contribution in [3.05, 3.63) is 89.7 Å². The van der Waals surface area contributed by atoms with E-state index in [-0.39, 0.29) is 12.2 Å². The normalized spacial score (nSPS) is 15.1. The third-order valence-corrected chi connectivity index (χ3v) is 8.18. The van der Waals surface area contributed by atoms with Gasteiger partial charge in [-0.3, -0.25) is 5.43 Å². The fraction of sp³-hybridized carbons (Fsp3) is 0.281. The van der Waals surface area contributed by atoms with Gasteiger partial charge in [0.05, 0.1) is 42.2 Å². The van der Waals surface area contributed by atoms with Crippen LogP contribution in [0.3, 0.4) is 0 Å². The number of hydrogen-bond acceptors (Lipinski definition) is 10. The lowest BCUT2D eigenvalue weighted by Gasteiger charge is -2.28. The molecule has 3 aromatic carbocycles. The molecule has 12 nitrogen and oxygen atoms in total. The molecule has 0 aromatic heterocycles. The first-order valence-electron chi connectivity index (χ1n) is 14.1. The molecule has 2 amide bonds. The van der Waals surface area contributed by atoms with Gasteiger partial charge in [0, 0.05) is 9.27 Å². The smallest absolute Gasteiger partial charge is 0.337 e. The van der Waals surface area contributed by atoms with Crippen LogP contribution in [0.1, 0.15) is 36.6 Å². The van der Waals surface area contributed by atoms with Crippen molar-refractivity contribution in [1.82, 2.24) is 16.1 Å². The van der Waals surface area contributed by atoms with Gasteiger partial charge in [-0.05, 0) is 112 Å². The summed E-state index contributed by atoms with van der Waals surface area (Å²) in [6, 6.07) is 15.6. The Kier molecular flexibility index (Phi) is 12.7. The minimum Gasteiger partial charge on any atom is -0.493 e. The van der Waals surface area contributed by atoms with Gasteiger partial charge in [0.15, 0.2) is 29.2 Å². The maximum atomic E-state index is 12.5. The third kappa shape index (κ3) is 9.16. The van der Waals surface area contributed by atoms with Gasteiger partial charge in [0.2, 0.25) is 0 Å². The minimum atomic E-state index is -1.15. The van der Waals surface area contributed by atoms with Crippen molar-refractivity contribution in [3.63, 3.8) is 0 Å². The molecule has 0 spiro atoms. The Morgan fingerprint density at radius 3 is 2.50 bits per heavy atom. The summed E-state index contributed by atoms with van der Waals surface area (Å²) in [7, 11) is 2.85. The van der Waals surface area contributed by atoms with E-state index in [0.29, 0.717) is 47.5 Å². The molecule has 1 heterocycles. The first-order valence-corrected chi connectivity index (χ1v) is 16.3. The number of benzene rings is 3. The number of nitrogens with zero attached hydrogens (tertiary/aromatic N) is 1. The number of hydrogen-bond donors (Lipinski definition) is 4. The molecule has 4 N–H and O–H groups in total. The van der Waals surface area contributed by atoms with Crippen LogP contribution >= 0.6 is 45.2 Å². The summed E-state index contributed by atoms with van der Waals surface area (Å²) in [5.74, 6) is 1.35. The monoisotopic (exact) mass is 856 g/mol. The van der Waals surface area contributed by atoms with Crippen molar-refractivity contribution in [1.29, 1.82) is 0 Å². The van der Waals surface area contributed by atoms with Crippen LogP contribution in [0.2, 0.25) is 0 Å². The highest BCUT2D eigenvalue weighted by molar-refractivity contribution is 14.1. The molecule has 0 aliphatic carbocycles. The number of ether oxygens (including phenoxy) is 5. The van der Waals surface area contributed by atoms with E-state index in [4.69, 9.17) is 23.7 Å². The Labute approximate surface area is 294 Å². The molecule has 0 unspecified atom stereocenters. The van der Waals surface area contributed by atoms with Crippen LogP contribution in [-0.2, 0) is 16.1 Å². The van der Waals surface area contributed by atoms with E-state index in [2.05, 4.69) is 66.3 Å². The van der Waals surface area contributed by atoms with Gasteiger partial charge < -0.3 is 39.4 Å². The van der Waals surface area contributed by atoms with Crippen LogP contribution < -0.4 is 35.0 Å². The van der Waals surface area contributed by atoms with Gasteiger partial charge in [-0.1, -0.05) is 18.2 Å². The number of esters is 1. The molecule has 1 aliphatic rings. The quantitative estimate of drug-likeness (QED) is 0.0578. The first kappa shape index (κ1) is 35.1. The van der Waals surface area contributed by atoms with Gasteiger partial charge >= 0.3 is 12.0 Å². The van der Waals surface area contributed by atoms with Crippen molar-refractivity contribution in [2.75, 3.05) is 27.4 Å². The molecule has 0 bridgehead atoms. The highest BCUT2D eigenvalue weighted by atomic mass is 127. The zero-order valence-electron chi connectivity index (χ0n) is 25.6. The second kappa shape index (κ2) is 16.7. The number of halogens is 2. The lowest BCUT2D eigenvalue weighted by molar-refractivity contribution is -0.136. The third-order valence-electron chi connectivity index (χ3n) is 6.66. The van der Waals surface area contributed by atoms with Gasteiger partial charge in [0.1, 0.15) is 13.2 Å². The minimum absolute atomic E-state index is 0.153. The summed E-state index contributed by atoms with van der Waals surface area (Å²) in [5, 5.41) is 20.0. The number of rotatable bonds is 14. The second-order valence-electron chi connectivity index (χ2n) is 9.86. The van der Waals surface area contributed by atoms with Crippen molar-refractivity contribution < 1.29 is 38.4 Å². The Morgan fingerprint density at radius 1 is 1.04 bits per heavy atom. The van der Waals surface area contributed by atoms with Crippen molar-refractivity contribution in [3.8, 4) is 23.0 Å². The van der Waals surface area contributed by atoms with E-state index >= 15 is 0 Å². The number of urea groups is 1. The number of methoxy groups -OCH3 is 2. The molecule has 244 valence electrons. The van der Waals surface area contributed by atoms with Crippen LogP contribution in [-0.4, -0.2) is 57.0 Å². The number of hydrazone groups is 1. The molecule has 2 atom stereocenters. The van der Waals surface area contributed by atoms with Crippen LogP contribution in [0.25, 0.3) is 0 Å². The maximum absolute atomic E-state index is 12.5. The molecule has 0 fully saturated rings. The number of aliphatic hydroxyl groups excluding tert-OH is 1. The lowest BCUT2D eigenvalue weighted by Crippen LogP contribution is -2.45. The average Bonchev–Trinajstić information content (AvgIpc) is 3.03. The van der Waals surface area contributed by atoms with E-state index in [1.807, 2.05) is 37.3 Å². The summed E-state index contributed by atoms with van der Waals surface area (Å²) in [6.45, 7) is 4.03.